The molecule has 3 amide bonds. The van der Waals surface area contributed by atoms with Gasteiger partial charge in [-0.05, 0) is 49.2 Å². The van der Waals surface area contributed by atoms with Gasteiger partial charge in [0.2, 0.25) is 5.91 Å². The number of carbonyl (C=O) groups is 2. The van der Waals surface area contributed by atoms with Crippen LogP contribution in [0.25, 0.3) is 0 Å². The smallest absolute Gasteiger partial charge is 0.321 e. The van der Waals surface area contributed by atoms with Crippen molar-refractivity contribution in [2.75, 3.05) is 23.7 Å². The van der Waals surface area contributed by atoms with Crippen LogP contribution in [-0.2, 0) is 11.2 Å². The number of carbonyl (C=O) groups excluding carboxylic acids is 2. The molecule has 148 valence electrons. The number of urea groups is 1. The Morgan fingerprint density at radius 1 is 0.929 bits per heavy atom. The number of hydrogen-bond donors (Lipinski definition) is 2. The zero-order chi connectivity index (χ0) is 19.9. The van der Waals surface area contributed by atoms with Crippen LogP contribution in [0.1, 0.15) is 31.2 Å². The first kappa shape index (κ1) is 20.1. The molecule has 2 aromatic rings. The van der Waals surface area contributed by atoms with Gasteiger partial charge in [-0.15, -0.1) is 0 Å². The van der Waals surface area contributed by atoms with E-state index in [1.54, 1.807) is 30.3 Å². The fourth-order valence-corrected chi connectivity index (χ4v) is 3.41. The molecule has 3 rings (SSSR count). The lowest BCUT2D eigenvalue weighted by atomic mass is 10.1. The predicted molar refractivity (Wildman–Crippen MR) is 109 cm³/mol. The van der Waals surface area contributed by atoms with Crippen molar-refractivity contribution in [3.63, 3.8) is 0 Å². The molecule has 1 fully saturated rings. The Kier molecular flexibility index (Phi) is 6.87. The van der Waals surface area contributed by atoms with Crippen molar-refractivity contribution in [2.45, 2.75) is 32.1 Å². The van der Waals surface area contributed by atoms with Gasteiger partial charge < -0.3 is 15.5 Å². The van der Waals surface area contributed by atoms with E-state index in [1.807, 2.05) is 4.90 Å². The number of halogens is 2. The van der Waals surface area contributed by atoms with Gasteiger partial charge in [0, 0.05) is 35.1 Å². The zero-order valence-electron chi connectivity index (χ0n) is 15.5. The van der Waals surface area contributed by atoms with Crippen molar-refractivity contribution < 1.29 is 14.0 Å². The summed E-state index contributed by atoms with van der Waals surface area (Å²) in [7, 11) is 0. The van der Waals surface area contributed by atoms with Crippen molar-refractivity contribution in [3.05, 3.63) is 58.9 Å². The van der Waals surface area contributed by atoms with Crippen LogP contribution in [0.2, 0.25) is 5.02 Å². The summed E-state index contributed by atoms with van der Waals surface area (Å²) in [5, 5.41) is 5.82. The molecule has 1 heterocycles. The summed E-state index contributed by atoms with van der Waals surface area (Å²) in [6.07, 6.45) is 4.24. The SMILES string of the molecule is O=C(Cc1c(F)cccc1Cl)Nc1ccc(NC(=O)N2CCCCCC2)cc1. The lowest BCUT2D eigenvalue weighted by Crippen LogP contribution is -2.35. The lowest BCUT2D eigenvalue weighted by Gasteiger charge is -2.20. The Bertz CT molecular complexity index is 814. The van der Waals surface area contributed by atoms with E-state index in [1.165, 1.54) is 12.1 Å². The second kappa shape index (κ2) is 9.55. The van der Waals surface area contributed by atoms with Gasteiger partial charge in [-0.1, -0.05) is 30.5 Å². The number of benzene rings is 2. The first-order valence-corrected chi connectivity index (χ1v) is 9.79. The second-order valence-corrected chi connectivity index (χ2v) is 7.24. The first-order valence-electron chi connectivity index (χ1n) is 9.41. The van der Waals surface area contributed by atoms with Crippen molar-refractivity contribution in [1.82, 2.24) is 4.90 Å². The minimum absolute atomic E-state index is 0.104. The Morgan fingerprint density at radius 3 is 2.14 bits per heavy atom. The maximum absolute atomic E-state index is 13.8. The average molecular weight is 404 g/mol. The van der Waals surface area contributed by atoms with Crippen LogP contribution in [0.15, 0.2) is 42.5 Å². The molecule has 2 N–H and O–H groups in total. The van der Waals surface area contributed by atoms with Gasteiger partial charge in [0.25, 0.3) is 0 Å². The Morgan fingerprint density at radius 2 is 1.54 bits per heavy atom. The van der Waals surface area contributed by atoms with E-state index >= 15 is 0 Å². The summed E-state index contributed by atoms with van der Waals surface area (Å²) in [5.41, 5.74) is 1.39. The number of anilines is 2. The summed E-state index contributed by atoms with van der Waals surface area (Å²) in [5.74, 6) is -0.873. The molecule has 1 aliphatic heterocycles. The summed E-state index contributed by atoms with van der Waals surface area (Å²) in [6.45, 7) is 1.55. The molecular weight excluding hydrogens is 381 g/mol. The highest BCUT2D eigenvalue weighted by Gasteiger charge is 2.16. The van der Waals surface area contributed by atoms with E-state index in [9.17, 15) is 14.0 Å². The van der Waals surface area contributed by atoms with Crippen LogP contribution in [0.4, 0.5) is 20.6 Å². The molecule has 0 bridgehead atoms. The Hall–Kier alpha value is -2.60. The van der Waals surface area contributed by atoms with Crippen LogP contribution in [-0.4, -0.2) is 29.9 Å². The molecule has 0 saturated carbocycles. The molecule has 0 atom stereocenters. The molecular formula is C21H23ClFN3O2. The normalized spacial score (nSPS) is 14.3. The van der Waals surface area contributed by atoms with Crippen molar-refractivity contribution in [3.8, 4) is 0 Å². The molecule has 28 heavy (non-hydrogen) atoms. The molecule has 0 spiro atoms. The number of nitrogens with one attached hydrogen (secondary N) is 2. The van der Waals surface area contributed by atoms with Crippen LogP contribution in [0.5, 0.6) is 0 Å². The highest BCUT2D eigenvalue weighted by atomic mass is 35.5. The van der Waals surface area contributed by atoms with Gasteiger partial charge in [0.05, 0.1) is 6.42 Å². The standard InChI is InChI=1S/C21H23ClFN3O2/c22-18-6-5-7-19(23)17(18)14-20(27)24-15-8-10-16(11-9-15)25-21(28)26-12-3-1-2-4-13-26/h5-11H,1-4,12-14H2,(H,24,27)(H,25,28). The van der Waals surface area contributed by atoms with Crippen LogP contribution < -0.4 is 10.6 Å². The van der Waals surface area contributed by atoms with Crippen LogP contribution in [0.3, 0.4) is 0 Å². The molecule has 0 unspecified atom stereocenters. The van der Waals surface area contributed by atoms with Gasteiger partial charge in [-0.2, -0.15) is 0 Å². The fraction of sp³-hybridized carbons (Fsp3) is 0.333. The predicted octanol–water partition coefficient (Wildman–Crippen LogP) is 5.07. The van der Waals surface area contributed by atoms with Gasteiger partial charge >= 0.3 is 6.03 Å². The summed E-state index contributed by atoms with van der Waals surface area (Å²) < 4.78 is 13.8. The van der Waals surface area contributed by atoms with Gasteiger partial charge in [-0.3, -0.25) is 4.79 Å². The zero-order valence-corrected chi connectivity index (χ0v) is 16.3. The van der Waals surface area contributed by atoms with Gasteiger partial charge in [-0.25, -0.2) is 9.18 Å². The Labute approximate surface area is 168 Å². The maximum atomic E-state index is 13.8. The lowest BCUT2D eigenvalue weighted by molar-refractivity contribution is -0.115. The summed E-state index contributed by atoms with van der Waals surface area (Å²) in [4.78, 5) is 26.4. The van der Waals surface area contributed by atoms with E-state index in [2.05, 4.69) is 10.6 Å². The first-order chi connectivity index (χ1) is 13.5. The van der Waals surface area contributed by atoms with Crippen LogP contribution >= 0.6 is 11.6 Å². The number of nitrogens with zero attached hydrogens (tertiary/aromatic N) is 1. The van der Waals surface area contributed by atoms with Crippen molar-refractivity contribution in [2.24, 2.45) is 0 Å². The maximum Gasteiger partial charge on any atom is 0.321 e. The number of likely N-dealkylation sites (tertiary alicyclic amines) is 1. The fourth-order valence-electron chi connectivity index (χ4n) is 3.18. The number of hydrogen-bond acceptors (Lipinski definition) is 2. The molecule has 5 nitrogen and oxygen atoms in total. The van der Waals surface area contributed by atoms with E-state index in [4.69, 9.17) is 11.6 Å². The molecule has 0 radical (unpaired) electrons. The molecule has 0 aromatic heterocycles. The third-order valence-corrected chi connectivity index (χ3v) is 5.07. The number of amides is 3. The molecule has 0 aliphatic carbocycles. The highest BCUT2D eigenvalue weighted by Crippen LogP contribution is 2.21. The number of rotatable bonds is 4. The topological polar surface area (TPSA) is 61.4 Å². The molecule has 2 aromatic carbocycles. The average Bonchev–Trinajstić information content (AvgIpc) is 2.96. The summed E-state index contributed by atoms with van der Waals surface area (Å²) >= 11 is 5.96. The van der Waals surface area contributed by atoms with Gasteiger partial charge in [0.1, 0.15) is 5.82 Å². The van der Waals surface area contributed by atoms with E-state index in [-0.39, 0.29) is 28.9 Å². The quantitative estimate of drug-likeness (QED) is 0.748. The van der Waals surface area contributed by atoms with Crippen molar-refractivity contribution in [1.29, 1.82) is 0 Å². The van der Waals surface area contributed by atoms with E-state index in [0.29, 0.717) is 11.4 Å². The highest BCUT2D eigenvalue weighted by molar-refractivity contribution is 6.31. The third-order valence-electron chi connectivity index (χ3n) is 4.71. The minimum atomic E-state index is -0.505. The van der Waals surface area contributed by atoms with Gasteiger partial charge in [0.15, 0.2) is 0 Å². The second-order valence-electron chi connectivity index (χ2n) is 6.83. The third kappa shape index (κ3) is 5.45. The monoisotopic (exact) mass is 403 g/mol. The van der Waals surface area contributed by atoms with Crippen molar-refractivity contribution >= 4 is 34.9 Å². The van der Waals surface area contributed by atoms with E-state index < -0.39 is 5.82 Å². The minimum Gasteiger partial charge on any atom is -0.326 e. The van der Waals surface area contributed by atoms with E-state index in [0.717, 1.165) is 38.8 Å². The Balaban J connectivity index is 1.55. The summed E-state index contributed by atoms with van der Waals surface area (Å²) in [6, 6.07) is 11.1. The molecule has 7 heteroatoms. The van der Waals surface area contributed by atoms with Crippen LogP contribution in [0, 0.1) is 5.82 Å². The molecule has 1 saturated heterocycles. The molecule has 1 aliphatic rings. The largest absolute Gasteiger partial charge is 0.326 e.